The van der Waals surface area contributed by atoms with Crippen molar-refractivity contribution in [1.82, 2.24) is 10.6 Å². The summed E-state index contributed by atoms with van der Waals surface area (Å²) in [6.07, 6.45) is 2.69. The SMILES string of the molecule is CCC(=O)N[C@]1(C)C[C@H](NC(C)C)C1. The number of carbonyl (C=O) groups is 1. The summed E-state index contributed by atoms with van der Waals surface area (Å²) in [5.74, 6) is 0.162. The van der Waals surface area contributed by atoms with Crippen LogP contribution in [0.1, 0.15) is 47.0 Å². The van der Waals surface area contributed by atoms with Crippen molar-refractivity contribution in [3.8, 4) is 0 Å². The highest BCUT2D eigenvalue weighted by molar-refractivity contribution is 5.76. The highest BCUT2D eigenvalue weighted by Crippen LogP contribution is 2.32. The van der Waals surface area contributed by atoms with Crippen molar-refractivity contribution < 1.29 is 4.79 Å². The summed E-state index contributed by atoms with van der Waals surface area (Å²) in [7, 11) is 0. The highest BCUT2D eigenvalue weighted by Gasteiger charge is 2.40. The summed E-state index contributed by atoms with van der Waals surface area (Å²) in [5.41, 5.74) is 0.0413. The molecule has 1 saturated carbocycles. The van der Waals surface area contributed by atoms with Gasteiger partial charge in [-0.3, -0.25) is 4.79 Å². The average Bonchev–Trinajstić information content (AvgIpc) is 2.00. The molecule has 1 amide bonds. The fourth-order valence-electron chi connectivity index (χ4n) is 2.14. The van der Waals surface area contributed by atoms with Gasteiger partial charge in [0.15, 0.2) is 0 Å². The van der Waals surface area contributed by atoms with Gasteiger partial charge in [-0.05, 0) is 19.8 Å². The molecule has 0 aliphatic heterocycles. The molecular weight excluding hydrogens is 176 g/mol. The van der Waals surface area contributed by atoms with E-state index in [9.17, 15) is 4.79 Å². The van der Waals surface area contributed by atoms with E-state index in [1.165, 1.54) is 0 Å². The van der Waals surface area contributed by atoms with Gasteiger partial charge in [0.25, 0.3) is 0 Å². The molecule has 0 bridgehead atoms. The minimum Gasteiger partial charge on any atom is -0.351 e. The van der Waals surface area contributed by atoms with Gasteiger partial charge >= 0.3 is 0 Å². The van der Waals surface area contributed by atoms with Crippen LogP contribution >= 0.6 is 0 Å². The zero-order valence-electron chi connectivity index (χ0n) is 9.68. The van der Waals surface area contributed by atoms with Crippen LogP contribution in [0.5, 0.6) is 0 Å². The number of hydrogen-bond donors (Lipinski definition) is 2. The molecule has 0 heterocycles. The lowest BCUT2D eigenvalue weighted by Gasteiger charge is -2.46. The first-order valence-corrected chi connectivity index (χ1v) is 5.52. The molecule has 0 unspecified atom stereocenters. The third-order valence-electron chi connectivity index (χ3n) is 2.73. The van der Waals surface area contributed by atoms with Crippen LogP contribution in [0.25, 0.3) is 0 Å². The normalized spacial score (nSPS) is 31.4. The van der Waals surface area contributed by atoms with E-state index in [-0.39, 0.29) is 11.4 Å². The van der Waals surface area contributed by atoms with Gasteiger partial charge in [-0.1, -0.05) is 20.8 Å². The maximum Gasteiger partial charge on any atom is 0.220 e. The molecule has 0 radical (unpaired) electrons. The summed E-state index contributed by atoms with van der Waals surface area (Å²) >= 11 is 0. The molecule has 82 valence electrons. The van der Waals surface area contributed by atoms with E-state index in [2.05, 4.69) is 31.4 Å². The molecule has 0 spiro atoms. The van der Waals surface area contributed by atoms with Crippen molar-refractivity contribution in [3.63, 3.8) is 0 Å². The second kappa shape index (κ2) is 4.30. The molecule has 2 N–H and O–H groups in total. The van der Waals surface area contributed by atoms with E-state index in [1.807, 2.05) is 6.92 Å². The minimum atomic E-state index is 0.0413. The lowest BCUT2D eigenvalue weighted by Crippen LogP contribution is -2.61. The van der Waals surface area contributed by atoms with Gasteiger partial charge < -0.3 is 10.6 Å². The average molecular weight is 198 g/mol. The molecule has 0 atom stereocenters. The Hall–Kier alpha value is -0.570. The summed E-state index contributed by atoms with van der Waals surface area (Å²) in [6, 6.07) is 1.11. The maximum atomic E-state index is 11.2. The van der Waals surface area contributed by atoms with Crippen LogP contribution in [0, 0.1) is 0 Å². The Bertz CT molecular complexity index is 207. The molecule has 3 nitrogen and oxygen atoms in total. The first-order valence-electron chi connectivity index (χ1n) is 5.52. The van der Waals surface area contributed by atoms with Crippen LogP contribution in [0.3, 0.4) is 0 Å². The van der Waals surface area contributed by atoms with Crippen molar-refractivity contribution in [3.05, 3.63) is 0 Å². The van der Waals surface area contributed by atoms with E-state index >= 15 is 0 Å². The Morgan fingerprint density at radius 2 is 2.07 bits per heavy atom. The molecule has 0 saturated heterocycles. The van der Waals surface area contributed by atoms with Crippen LogP contribution < -0.4 is 10.6 Å². The smallest absolute Gasteiger partial charge is 0.220 e. The summed E-state index contributed by atoms with van der Waals surface area (Å²) < 4.78 is 0. The zero-order chi connectivity index (χ0) is 10.8. The lowest BCUT2D eigenvalue weighted by atomic mass is 9.73. The van der Waals surface area contributed by atoms with E-state index in [4.69, 9.17) is 0 Å². The molecule has 1 aliphatic carbocycles. The zero-order valence-corrected chi connectivity index (χ0v) is 9.68. The van der Waals surface area contributed by atoms with Crippen LogP contribution in [0.15, 0.2) is 0 Å². The van der Waals surface area contributed by atoms with Crippen molar-refractivity contribution in [2.45, 2.75) is 64.6 Å². The molecule has 0 aromatic heterocycles. The van der Waals surface area contributed by atoms with Gasteiger partial charge in [0, 0.05) is 24.0 Å². The predicted molar refractivity (Wildman–Crippen MR) is 58.1 cm³/mol. The summed E-state index contributed by atoms with van der Waals surface area (Å²) in [4.78, 5) is 11.2. The Morgan fingerprint density at radius 3 is 2.50 bits per heavy atom. The van der Waals surface area contributed by atoms with Crippen molar-refractivity contribution in [2.24, 2.45) is 0 Å². The number of nitrogens with one attached hydrogen (secondary N) is 2. The van der Waals surface area contributed by atoms with E-state index < -0.39 is 0 Å². The second-order valence-electron chi connectivity index (χ2n) is 4.89. The molecule has 1 fully saturated rings. The largest absolute Gasteiger partial charge is 0.351 e. The predicted octanol–water partition coefficient (Wildman–Crippen LogP) is 1.43. The lowest BCUT2D eigenvalue weighted by molar-refractivity contribution is -0.123. The Labute approximate surface area is 86.6 Å². The number of amides is 1. The first-order chi connectivity index (χ1) is 6.45. The van der Waals surface area contributed by atoms with Gasteiger partial charge in [-0.15, -0.1) is 0 Å². The van der Waals surface area contributed by atoms with Crippen LogP contribution in [-0.4, -0.2) is 23.5 Å². The van der Waals surface area contributed by atoms with Crippen LogP contribution in [0.2, 0.25) is 0 Å². The fourth-order valence-corrected chi connectivity index (χ4v) is 2.14. The molecule has 14 heavy (non-hydrogen) atoms. The van der Waals surface area contributed by atoms with E-state index in [0.717, 1.165) is 12.8 Å². The molecule has 1 rings (SSSR count). The molecular formula is C11H22N2O. The standard InChI is InChI=1S/C11H22N2O/c1-5-10(14)13-11(4)6-9(7-11)12-8(2)3/h8-9,12H,5-7H2,1-4H3,(H,13,14)/t9-,11+. The molecule has 0 aromatic carbocycles. The van der Waals surface area contributed by atoms with Gasteiger partial charge in [0.05, 0.1) is 0 Å². The topological polar surface area (TPSA) is 41.1 Å². The van der Waals surface area contributed by atoms with Crippen LogP contribution in [-0.2, 0) is 4.79 Å². The Morgan fingerprint density at radius 1 is 1.50 bits per heavy atom. The third-order valence-corrected chi connectivity index (χ3v) is 2.73. The molecule has 3 heteroatoms. The quantitative estimate of drug-likeness (QED) is 0.717. The Balaban J connectivity index is 2.26. The van der Waals surface area contributed by atoms with E-state index in [1.54, 1.807) is 0 Å². The molecule has 0 aromatic rings. The fraction of sp³-hybridized carbons (Fsp3) is 0.909. The van der Waals surface area contributed by atoms with E-state index in [0.29, 0.717) is 18.5 Å². The first kappa shape index (κ1) is 11.5. The van der Waals surface area contributed by atoms with Gasteiger partial charge in [0.1, 0.15) is 0 Å². The van der Waals surface area contributed by atoms with Crippen molar-refractivity contribution in [1.29, 1.82) is 0 Å². The Kier molecular flexibility index (Phi) is 3.53. The second-order valence-corrected chi connectivity index (χ2v) is 4.89. The van der Waals surface area contributed by atoms with Gasteiger partial charge in [0.2, 0.25) is 5.91 Å². The maximum absolute atomic E-state index is 11.2. The highest BCUT2D eigenvalue weighted by atomic mass is 16.1. The number of hydrogen-bond acceptors (Lipinski definition) is 2. The van der Waals surface area contributed by atoms with Gasteiger partial charge in [-0.2, -0.15) is 0 Å². The summed E-state index contributed by atoms with van der Waals surface area (Å²) in [6.45, 7) is 8.32. The van der Waals surface area contributed by atoms with Gasteiger partial charge in [-0.25, -0.2) is 0 Å². The van der Waals surface area contributed by atoms with Crippen LogP contribution in [0.4, 0.5) is 0 Å². The molecule has 1 aliphatic rings. The third kappa shape index (κ3) is 2.98. The van der Waals surface area contributed by atoms with Crippen molar-refractivity contribution >= 4 is 5.91 Å². The number of rotatable bonds is 4. The number of carbonyl (C=O) groups excluding carboxylic acids is 1. The monoisotopic (exact) mass is 198 g/mol. The minimum absolute atomic E-state index is 0.0413. The van der Waals surface area contributed by atoms with Crippen molar-refractivity contribution in [2.75, 3.05) is 0 Å². The summed E-state index contributed by atoms with van der Waals surface area (Å²) in [5, 5.41) is 6.54.